The second kappa shape index (κ2) is 6.49. The van der Waals surface area contributed by atoms with Crippen molar-refractivity contribution < 1.29 is 9.53 Å². The van der Waals surface area contributed by atoms with Gasteiger partial charge >= 0.3 is 0 Å². The zero-order valence-electron chi connectivity index (χ0n) is 13.6. The molecule has 1 fully saturated rings. The Bertz CT molecular complexity index is 982. The van der Waals surface area contributed by atoms with E-state index in [4.69, 9.17) is 10.00 Å². The molecule has 4 rings (SSSR count). The SMILES string of the molecule is N#Cc1ccc2ncc3[nH]c(CC(=O)NC4CCOCC4)nc3c2c1. The lowest BCUT2D eigenvalue weighted by Gasteiger charge is -2.22. The fourth-order valence-corrected chi connectivity index (χ4v) is 3.13. The molecule has 0 aliphatic carbocycles. The summed E-state index contributed by atoms with van der Waals surface area (Å²) >= 11 is 0. The molecule has 3 aromatic rings. The highest BCUT2D eigenvalue weighted by Crippen LogP contribution is 2.23. The van der Waals surface area contributed by atoms with Gasteiger partial charge in [0, 0.05) is 24.6 Å². The molecule has 0 bridgehead atoms. The van der Waals surface area contributed by atoms with Crippen molar-refractivity contribution >= 4 is 27.8 Å². The van der Waals surface area contributed by atoms with Gasteiger partial charge in [-0.05, 0) is 31.0 Å². The van der Waals surface area contributed by atoms with Gasteiger partial charge in [0.15, 0.2) is 0 Å². The van der Waals surface area contributed by atoms with E-state index in [0.29, 0.717) is 24.6 Å². The lowest BCUT2D eigenvalue weighted by molar-refractivity contribution is -0.121. The molecule has 0 spiro atoms. The van der Waals surface area contributed by atoms with E-state index in [0.717, 1.165) is 34.8 Å². The fourth-order valence-electron chi connectivity index (χ4n) is 3.13. The molecule has 7 nitrogen and oxygen atoms in total. The first-order valence-corrected chi connectivity index (χ1v) is 8.27. The Morgan fingerprint density at radius 1 is 1.40 bits per heavy atom. The molecule has 1 aliphatic rings. The van der Waals surface area contributed by atoms with E-state index < -0.39 is 0 Å². The number of H-pyrrole nitrogens is 1. The zero-order valence-corrected chi connectivity index (χ0v) is 13.6. The number of carbonyl (C=O) groups is 1. The maximum atomic E-state index is 12.3. The molecule has 126 valence electrons. The standard InChI is InChI=1S/C18H17N5O2/c19-9-11-1-2-14-13(7-11)18-15(10-20-14)22-16(23-18)8-17(24)21-12-3-5-25-6-4-12/h1-2,7,10,12H,3-6,8H2,(H,21,24)(H,22,23). The molecular weight excluding hydrogens is 318 g/mol. The van der Waals surface area contributed by atoms with Crippen LogP contribution in [0.1, 0.15) is 24.2 Å². The van der Waals surface area contributed by atoms with Gasteiger partial charge in [0.2, 0.25) is 5.91 Å². The Labute approximate surface area is 144 Å². The van der Waals surface area contributed by atoms with Crippen molar-refractivity contribution in [2.24, 2.45) is 0 Å². The number of nitriles is 1. The number of imidazole rings is 1. The summed E-state index contributed by atoms with van der Waals surface area (Å²) in [7, 11) is 0. The molecular formula is C18H17N5O2. The van der Waals surface area contributed by atoms with Crippen LogP contribution in [0.2, 0.25) is 0 Å². The van der Waals surface area contributed by atoms with Gasteiger partial charge < -0.3 is 15.0 Å². The highest BCUT2D eigenvalue weighted by Gasteiger charge is 2.17. The maximum absolute atomic E-state index is 12.3. The molecule has 0 radical (unpaired) electrons. The third-order valence-electron chi connectivity index (χ3n) is 4.41. The van der Waals surface area contributed by atoms with Crippen molar-refractivity contribution in [1.82, 2.24) is 20.3 Å². The zero-order chi connectivity index (χ0) is 17.2. The summed E-state index contributed by atoms with van der Waals surface area (Å²) in [6.07, 6.45) is 3.58. The van der Waals surface area contributed by atoms with Gasteiger partial charge in [-0.3, -0.25) is 9.78 Å². The van der Waals surface area contributed by atoms with E-state index >= 15 is 0 Å². The van der Waals surface area contributed by atoms with Crippen LogP contribution in [0.5, 0.6) is 0 Å². The van der Waals surface area contributed by atoms with Crippen molar-refractivity contribution in [3.8, 4) is 6.07 Å². The number of hydrogen-bond acceptors (Lipinski definition) is 5. The smallest absolute Gasteiger partial charge is 0.227 e. The van der Waals surface area contributed by atoms with Crippen molar-refractivity contribution in [3.05, 3.63) is 35.8 Å². The predicted octanol–water partition coefficient (Wildman–Crippen LogP) is 1.82. The minimum atomic E-state index is -0.0547. The number of hydrogen-bond donors (Lipinski definition) is 2. The van der Waals surface area contributed by atoms with Crippen LogP contribution < -0.4 is 5.32 Å². The topological polar surface area (TPSA) is 104 Å². The first kappa shape index (κ1) is 15.5. The number of ether oxygens (including phenoxy) is 1. The van der Waals surface area contributed by atoms with E-state index in [1.807, 2.05) is 0 Å². The first-order chi connectivity index (χ1) is 12.2. The highest BCUT2D eigenvalue weighted by molar-refractivity contribution is 6.02. The summed E-state index contributed by atoms with van der Waals surface area (Å²) in [5.41, 5.74) is 2.83. The van der Waals surface area contributed by atoms with Crippen LogP contribution in [0.4, 0.5) is 0 Å². The molecule has 3 heterocycles. The number of benzene rings is 1. The van der Waals surface area contributed by atoms with E-state index in [9.17, 15) is 4.79 Å². The van der Waals surface area contributed by atoms with Crippen molar-refractivity contribution in [1.29, 1.82) is 5.26 Å². The van der Waals surface area contributed by atoms with E-state index in [-0.39, 0.29) is 18.4 Å². The van der Waals surface area contributed by atoms with Crippen molar-refractivity contribution in [3.63, 3.8) is 0 Å². The van der Waals surface area contributed by atoms with Crippen LogP contribution >= 0.6 is 0 Å². The minimum Gasteiger partial charge on any atom is -0.381 e. The molecule has 2 N–H and O–H groups in total. The monoisotopic (exact) mass is 335 g/mol. The second-order valence-electron chi connectivity index (χ2n) is 6.18. The average Bonchev–Trinajstić information content (AvgIpc) is 3.04. The quantitative estimate of drug-likeness (QED) is 0.760. The number of nitrogens with zero attached hydrogens (tertiary/aromatic N) is 3. The summed E-state index contributed by atoms with van der Waals surface area (Å²) in [5, 5.41) is 12.9. The Balaban J connectivity index is 1.59. The summed E-state index contributed by atoms with van der Waals surface area (Å²) in [5.74, 6) is 0.539. The Hall–Kier alpha value is -2.98. The number of aromatic nitrogens is 3. The third-order valence-corrected chi connectivity index (χ3v) is 4.41. The van der Waals surface area contributed by atoms with Crippen LogP contribution in [0, 0.1) is 11.3 Å². The van der Waals surface area contributed by atoms with E-state index in [1.54, 1.807) is 24.4 Å². The largest absolute Gasteiger partial charge is 0.381 e. The predicted molar refractivity (Wildman–Crippen MR) is 91.8 cm³/mol. The van der Waals surface area contributed by atoms with Crippen molar-refractivity contribution in [2.45, 2.75) is 25.3 Å². The average molecular weight is 335 g/mol. The Kier molecular flexibility index (Phi) is 4.04. The van der Waals surface area contributed by atoms with Crippen LogP contribution in [0.15, 0.2) is 24.4 Å². The molecule has 1 aliphatic heterocycles. The van der Waals surface area contributed by atoms with Gasteiger partial charge in [0.1, 0.15) is 5.82 Å². The number of nitrogens with one attached hydrogen (secondary N) is 2. The van der Waals surface area contributed by atoms with Crippen molar-refractivity contribution in [2.75, 3.05) is 13.2 Å². The number of rotatable bonds is 3. The normalized spacial score (nSPS) is 15.3. The van der Waals surface area contributed by atoms with Crippen LogP contribution in [0.3, 0.4) is 0 Å². The molecule has 1 aromatic carbocycles. The number of amides is 1. The van der Waals surface area contributed by atoms with E-state index in [2.05, 4.69) is 26.3 Å². The lowest BCUT2D eigenvalue weighted by Crippen LogP contribution is -2.39. The Morgan fingerprint density at radius 3 is 3.04 bits per heavy atom. The molecule has 0 saturated carbocycles. The summed E-state index contributed by atoms with van der Waals surface area (Å²) in [4.78, 5) is 24.3. The molecule has 2 aromatic heterocycles. The summed E-state index contributed by atoms with van der Waals surface area (Å²) < 4.78 is 5.30. The van der Waals surface area contributed by atoms with Gasteiger partial charge in [-0.2, -0.15) is 5.26 Å². The summed E-state index contributed by atoms with van der Waals surface area (Å²) in [6.45, 7) is 1.38. The molecule has 7 heteroatoms. The highest BCUT2D eigenvalue weighted by atomic mass is 16.5. The minimum absolute atomic E-state index is 0.0547. The second-order valence-corrected chi connectivity index (χ2v) is 6.18. The number of pyridine rings is 1. The first-order valence-electron chi connectivity index (χ1n) is 8.27. The van der Waals surface area contributed by atoms with Gasteiger partial charge in [-0.1, -0.05) is 0 Å². The van der Waals surface area contributed by atoms with Crippen LogP contribution in [-0.2, 0) is 16.0 Å². The van der Waals surface area contributed by atoms with Gasteiger partial charge in [-0.15, -0.1) is 0 Å². The summed E-state index contributed by atoms with van der Waals surface area (Å²) in [6, 6.07) is 7.61. The van der Waals surface area contributed by atoms with Gasteiger partial charge in [0.25, 0.3) is 0 Å². The van der Waals surface area contributed by atoms with Crippen LogP contribution in [-0.4, -0.2) is 40.1 Å². The van der Waals surface area contributed by atoms with Gasteiger partial charge in [0.05, 0.1) is 40.8 Å². The Morgan fingerprint density at radius 2 is 2.24 bits per heavy atom. The van der Waals surface area contributed by atoms with Crippen LogP contribution in [0.25, 0.3) is 21.9 Å². The lowest BCUT2D eigenvalue weighted by atomic mass is 10.1. The molecule has 1 amide bonds. The third kappa shape index (κ3) is 3.16. The molecule has 0 atom stereocenters. The maximum Gasteiger partial charge on any atom is 0.227 e. The number of carbonyl (C=O) groups excluding carboxylic acids is 1. The van der Waals surface area contributed by atoms with E-state index in [1.165, 1.54) is 0 Å². The molecule has 1 saturated heterocycles. The fraction of sp³-hybridized carbons (Fsp3) is 0.333. The molecule has 0 unspecified atom stereocenters. The number of aromatic amines is 1. The van der Waals surface area contributed by atoms with Gasteiger partial charge in [-0.25, -0.2) is 4.98 Å². The molecule has 25 heavy (non-hydrogen) atoms. The number of fused-ring (bicyclic) bond motifs is 3.